The van der Waals surface area contributed by atoms with Gasteiger partial charge in [-0.1, -0.05) is 18.2 Å². The van der Waals surface area contributed by atoms with Crippen LogP contribution in [0.4, 0.5) is 0 Å². The van der Waals surface area contributed by atoms with Crippen molar-refractivity contribution in [2.75, 3.05) is 0 Å². The van der Waals surface area contributed by atoms with Gasteiger partial charge in [0, 0.05) is 11.3 Å². The second-order valence-electron chi connectivity index (χ2n) is 3.99. The van der Waals surface area contributed by atoms with Crippen LogP contribution in [0.2, 0.25) is 0 Å². The maximum atomic E-state index is 11.7. The van der Waals surface area contributed by atoms with Gasteiger partial charge in [0.2, 0.25) is 0 Å². The number of cyclic esters (lactones) is 1. The van der Waals surface area contributed by atoms with E-state index in [-0.39, 0.29) is 11.5 Å². The molecule has 0 spiro atoms. The van der Waals surface area contributed by atoms with Crippen LogP contribution in [0.15, 0.2) is 29.1 Å². The van der Waals surface area contributed by atoms with Gasteiger partial charge in [-0.3, -0.25) is 9.89 Å². The average Bonchev–Trinajstić information content (AvgIpc) is 2.82. The third kappa shape index (κ3) is 1.32. The van der Waals surface area contributed by atoms with Gasteiger partial charge in [-0.2, -0.15) is 0 Å². The average molecular weight is 230 g/mol. The predicted molar refractivity (Wildman–Crippen MR) is 59.9 cm³/mol. The van der Waals surface area contributed by atoms with Crippen LogP contribution in [0.25, 0.3) is 0 Å². The Balaban J connectivity index is 2.20. The number of hydrogen-bond donors (Lipinski definition) is 2. The summed E-state index contributed by atoms with van der Waals surface area (Å²) in [4.78, 5) is 23.3. The lowest BCUT2D eigenvalue weighted by Gasteiger charge is -2.08. The zero-order chi connectivity index (χ0) is 12.0. The first-order valence-electron chi connectivity index (χ1n) is 5.25. The van der Waals surface area contributed by atoms with Crippen LogP contribution in [0.5, 0.6) is 0 Å². The summed E-state index contributed by atoms with van der Waals surface area (Å²) in [5, 5.41) is 5.22. The summed E-state index contributed by atoms with van der Waals surface area (Å²) in [7, 11) is 0. The lowest BCUT2D eigenvalue weighted by Crippen LogP contribution is -2.13. The van der Waals surface area contributed by atoms with E-state index in [1.165, 1.54) is 0 Å². The van der Waals surface area contributed by atoms with Gasteiger partial charge in [0.1, 0.15) is 0 Å². The Kier molecular flexibility index (Phi) is 1.95. The van der Waals surface area contributed by atoms with Crippen molar-refractivity contribution in [3.05, 3.63) is 57.0 Å². The van der Waals surface area contributed by atoms with Gasteiger partial charge in [0.15, 0.2) is 6.10 Å². The Bertz CT molecular complexity index is 654. The fourth-order valence-electron chi connectivity index (χ4n) is 2.13. The predicted octanol–water partition coefficient (Wildman–Crippen LogP) is 1.27. The first-order chi connectivity index (χ1) is 8.18. The minimum atomic E-state index is -0.603. The monoisotopic (exact) mass is 230 g/mol. The highest BCUT2D eigenvalue weighted by atomic mass is 16.5. The second kappa shape index (κ2) is 3.35. The van der Waals surface area contributed by atoms with E-state index in [4.69, 9.17) is 4.74 Å². The van der Waals surface area contributed by atoms with Gasteiger partial charge in [-0.25, -0.2) is 4.79 Å². The van der Waals surface area contributed by atoms with Crippen molar-refractivity contribution in [1.29, 1.82) is 0 Å². The molecule has 3 rings (SSSR count). The van der Waals surface area contributed by atoms with Crippen LogP contribution >= 0.6 is 0 Å². The molecule has 5 heteroatoms. The molecule has 0 saturated carbocycles. The van der Waals surface area contributed by atoms with Gasteiger partial charge < -0.3 is 9.84 Å². The molecule has 1 aliphatic rings. The molecule has 0 aliphatic carbocycles. The van der Waals surface area contributed by atoms with E-state index in [0.29, 0.717) is 16.8 Å². The lowest BCUT2D eigenvalue weighted by atomic mass is 10.00. The fourth-order valence-corrected chi connectivity index (χ4v) is 2.13. The molecule has 1 aliphatic heterocycles. The van der Waals surface area contributed by atoms with Crippen LogP contribution in [0, 0.1) is 6.92 Å². The number of aromatic nitrogens is 2. The zero-order valence-electron chi connectivity index (χ0n) is 9.11. The molecule has 1 atom stereocenters. The van der Waals surface area contributed by atoms with E-state index in [1.54, 1.807) is 25.1 Å². The summed E-state index contributed by atoms with van der Waals surface area (Å²) < 4.78 is 5.26. The Morgan fingerprint density at radius 2 is 1.94 bits per heavy atom. The molecule has 2 N–H and O–H groups in total. The number of H-pyrrole nitrogens is 2. The van der Waals surface area contributed by atoms with Crippen LogP contribution < -0.4 is 5.56 Å². The number of fused-ring (bicyclic) bond motifs is 1. The summed E-state index contributed by atoms with van der Waals surface area (Å²) >= 11 is 0. The summed E-state index contributed by atoms with van der Waals surface area (Å²) in [6.45, 7) is 1.77. The molecule has 5 nitrogen and oxygen atoms in total. The molecule has 2 heterocycles. The van der Waals surface area contributed by atoms with E-state index in [0.717, 1.165) is 5.56 Å². The number of carbonyl (C=O) groups excluding carboxylic acids is 1. The van der Waals surface area contributed by atoms with Crippen molar-refractivity contribution in [2.24, 2.45) is 0 Å². The number of aryl methyl sites for hydroxylation is 1. The number of benzene rings is 1. The lowest BCUT2D eigenvalue weighted by molar-refractivity contribution is 0.0454. The van der Waals surface area contributed by atoms with E-state index in [2.05, 4.69) is 10.2 Å². The highest BCUT2D eigenvalue weighted by Gasteiger charge is 2.34. The smallest absolute Gasteiger partial charge is 0.339 e. The number of ether oxygens (including phenoxy) is 1. The van der Waals surface area contributed by atoms with Crippen molar-refractivity contribution < 1.29 is 9.53 Å². The molecule has 86 valence electrons. The second-order valence-corrected chi connectivity index (χ2v) is 3.99. The minimum Gasteiger partial charge on any atom is -0.449 e. The molecule has 0 saturated heterocycles. The Morgan fingerprint density at radius 1 is 1.18 bits per heavy atom. The highest BCUT2D eigenvalue weighted by molar-refractivity contribution is 5.94. The van der Waals surface area contributed by atoms with Gasteiger partial charge in [-0.05, 0) is 13.0 Å². The molecule has 0 fully saturated rings. The summed E-state index contributed by atoms with van der Waals surface area (Å²) in [6.07, 6.45) is -0.603. The van der Waals surface area contributed by atoms with E-state index >= 15 is 0 Å². The number of esters is 1. The highest BCUT2D eigenvalue weighted by Crippen LogP contribution is 2.34. The number of carbonyl (C=O) groups is 1. The number of aromatic amines is 2. The Morgan fingerprint density at radius 3 is 2.65 bits per heavy atom. The molecule has 0 radical (unpaired) electrons. The van der Waals surface area contributed by atoms with Crippen LogP contribution in [0.3, 0.4) is 0 Å². The van der Waals surface area contributed by atoms with E-state index < -0.39 is 6.10 Å². The molecule has 1 aromatic carbocycles. The van der Waals surface area contributed by atoms with Crippen LogP contribution in [-0.2, 0) is 4.74 Å². The molecular weight excluding hydrogens is 220 g/mol. The van der Waals surface area contributed by atoms with Gasteiger partial charge >= 0.3 is 5.97 Å². The number of rotatable bonds is 1. The standard InChI is InChI=1S/C12H10N2O3/c1-6-9(11(15)14-13-6)10-7-4-2-3-5-8(7)12(16)17-10/h2-5,10H,1H3,(H2,13,14,15)/t10-/m1/s1. The maximum Gasteiger partial charge on any atom is 0.339 e. The van der Waals surface area contributed by atoms with Crippen LogP contribution in [0.1, 0.15) is 33.3 Å². The van der Waals surface area contributed by atoms with Gasteiger partial charge in [0.25, 0.3) is 5.56 Å². The maximum absolute atomic E-state index is 11.7. The van der Waals surface area contributed by atoms with Crippen molar-refractivity contribution >= 4 is 5.97 Å². The largest absolute Gasteiger partial charge is 0.449 e. The molecule has 0 amide bonds. The zero-order valence-corrected chi connectivity index (χ0v) is 9.11. The van der Waals surface area contributed by atoms with E-state index in [1.807, 2.05) is 6.07 Å². The van der Waals surface area contributed by atoms with E-state index in [9.17, 15) is 9.59 Å². The van der Waals surface area contributed by atoms with Crippen LogP contribution in [-0.4, -0.2) is 16.2 Å². The van der Waals surface area contributed by atoms with Crippen molar-refractivity contribution in [2.45, 2.75) is 13.0 Å². The molecular formula is C12H10N2O3. The first-order valence-corrected chi connectivity index (χ1v) is 5.25. The van der Waals surface area contributed by atoms with Crippen molar-refractivity contribution in [3.63, 3.8) is 0 Å². The summed E-state index contributed by atoms with van der Waals surface area (Å²) in [5.74, 6) is -0.384. The van der Waals surface area contributed by atoms with Gasteiger partial charge in [-0.15, -0.1) is 0 Å². The molecule has 17 heavy (non-hydrogen) atoms. The summed E-state index contributed by atoms with van der Waals surface area (Å²) in [5.41, 5.74) is 2.16. The fraction of sp³-hybridized carbons (Fsp3) is 0.167. The molecule has 1 aromatic heterocycles. The third-order valence-corrected chi connectivity index (χ3v) is 2.96. The quantitative estimate of drug-likeness (QED) is 0.724. The SMILES string of the molecule is Cc1[nH][nH]c(=O)c1[C@@H]1OC(=O)c2ccccc21. The third-order valence-electron chi connectivity index (χ3n) is 2.96. The molecule has 0 unspecified atom stereocenters. The number of nitrogens with one attached hydrogen (secondary N) is 2. The Hall–Kier alpha value is -2.30. The number of hydrogen-bond acceptors (Lipinski definition) is 3. The van der Waals surface area contributed by atoms with Crippen molar-refractivity contribution in [1.82, 2.24) is 10.2 Å². The molecule has 2 aromatic rings. The first kappa shape index (κ1) is 9.89. The topological polar surface area (TPSA) is 74.9 Å². The van der Waals surface area contributed by atoms with Gasteiger partial charge in [0.05, 0.1) is 11.1 Å². The molecule has 0 bridgehead atoms. The Labute approximate surface area is 96.4 Å². The summed E-state index contributed by atoms with van der Waals surface area (Å²) in [6, 6.07) is 7.10. The normalized spacial score (nSPS) is 17.9. The van der Waals surface area contributed by atoms with Crippen molar-refractivity contribution in [3.8, 4) is 0 Å². The minimum absolute atomic E-state index is 0.253.